The van der Waals surface area contributed by atoms with Gasteiger partial charge in [0.15, 0.2) is 0 Å². The fraction of sp³-hybridized carbons (Fsp3) is 0.300. The second-order valence-electron chi connectivity index (χ2n) is 6.44. The number of thiophene rings is 1. The Labute approximate surface area is 166 Å². The minimum atomic E-state index is -0.344. The first-order chi connectivity index (χ1) is 13.4. The van der Waals surface area contributed by atoms with Gasteiger partial charge in [0.25, 0.3) is 0 Å². The molecule has 2 amide bonds. The Hall–Kier alpha value is -2.87. The molecule has 1 aromatic carbocycles. The molecule has 0 atom stereocenters. The first-order valence-corrected chi connectivity index (χ1v) is 9.77. The molecule has 0 fully saturated rings. The topological polar surface area (TPSA) is 84.7 Å². The lowest BCUT2D eigenvalue weighted by molar-refractivity contribution is -0.111. The van der Waals surface area contributed by atoms with Crippen molar-refractivity contribution in [1.82, 2.24) is 4.90 Å². The molecule has 3 N–H and O–H groups in total. The van der Waals surface area contributed by atoms with E-state index in [1.54, 1.807) is 30.9 Å². The lowest BCUT2D eigenvalue weighted by Gasteiger charge is -2.26. The molecule has 2 aromatic rings. The van der Waals surface area contributed by atoms with Crippen LogP contribution in [0.25, 0.3) is 6.08 Å². The third-order valence-corrected chi connectivity index (χ3v) is 5.65. The van der Waals surface area contributed by atoms with E-state index in [2.05, 4.69) is 5.32 Å². The van der Waals surface area contributed by atoms with E-state index in [1.165, 1.54) is 29.5 Å². The lowest BCUT2D eigenvalue weighted by atomic mass is 10.1. The zero-order chi connectivity index (χ0) is 20.3. The summed E-state index contributed by atoms with van der Waals surface area (Å²) in [5.74, 6) is -0.635. The number of nitrogen functional groups attached to an aromatic ring is 1. The summed E-state index contributed by atoms with van der Waals surface area (Å²) in [7, 11) is 0. The van der Waals surface area contributed by atoms with Gasteiger partial charge in [0.05, 0.1) is 18.8 Å². The molecule has 6 nitrogen and oxygen atoms in total. The molecule has 8 heteroatoms. The van der Waals surface area contributed by atoms with Gasteiger partial charge in [0.2, 0.25) is 5.91 Å². The van der Waals surface area contributed by atoms with Crippen molar-refractivity contribution < 1.29 is 18.7 Å². The SMILES string of the molecule is CCOC(=O)N1CCc2c(sc(NC(=O)/C=C/c3ccc(F)cc3C)c2N)C1. The first-order valence-electron chi connectivity index (χ1n) is 8.96. The highest BCUT2D eigenvalue weighted by Crippen LogP contribution is 2.39. The van der Waals surface area contributed by atoms with Crippen LogP contribution in [0.1, 0.15) is 28.5 Å². The number of nitrogens with two attached hydrogens (primary N) is 1. The van der Waals surface area contributed by atoms with Crippen molar-refractivity contribution in [2.45, 2.75) is 26.8 Å². The Kier molecular flexibility index (Phi) is 5.99. The molecule has 148 valence electrons. The Morgan fingerprint density at radius 1 is 1.43 bits per heavy atom. The molecule has 0 aliphatic carbocycles. The summed E-state index contributed by atoms with van der Waals surface area (Å²) < 4.78 is 18.2. The third-order valence-electron chi connectivity index (χ3n) is 4.51. The summed E-state index contributed by atoms with van der Waals surface area (Å²) in [6, 6.07) is 4.39. The Balaban J connectivity index is 1.69. The van der Waals surface area contributed by atoms with Crippen LogP contribution < -0.4 is 11.1 Å². The van der Waals surface area contributed by atoms with Crippen LogP contribution in [0.3, 0.4) is 0 Å². The fourth-order valence-electron chi connectivity index (χ4n) is 3.04. The Morgan fingerprint density at radius 2 is 2.21 bits per heavy atom. The predicted molar refractivity (Wildman–Crippen MR) is 109 cm³/mol. The molecular weight excluding hydrogens is 381 g/mol. The van der Waals surface area contributed by atoms with Gasteiger partial charge in [0, 0.05) is 17.5 Å². The number of anilines is 2. The number of nitrogens with zero attached hydrogens (tertiary/aromatic N) is 1. The maximum Gasteiger partial charge on any atom is 0.410 e. The van der Waals surface area contributed by atoms with Gasteiger partial charge in [0.1, 0.15) is 10.8 Å². The van der Waals surface area contributed by atoms with E-state index in [-0.39, 0.29) is 17.8 Å². The van der Waals surface area contributed by atoms with Crippen molar-refractivity contribution in [3.63, 3.8) is 0 Å². The molecule has 3 rings (SSSR count). The summed E-state index contributed by atoms with van der Waals surface area (Å²) in [6.45, 7) is 4.83. The van der Waals surface area contributed by atoms with Gasteiger partial charge in [-0.05, 0) is 55.2 Å². The van der Waals surface area contributed by atoms with E-state index in [9.17, 15) is 14.0 Å². The van der Waals surface area contributed by atoms with Gasteiger partial charge >= 0.3 is 6.09 Å². The van der Waals surface area contributed by atoms with Gasteiger partial charge in [-0.25, -0.2) is 9.18 Å². The van der Waals surface area contributed by atoms with Crippen LogP contribution in [0.5, 0.6) is 0 Å². The van der Waals surface area contributed by atoms with Crippen LogP contribution in [0.4, 0.5) is 19.9 Å². The highest BCUT2D eigenvalue weighted by Gasteiger charge is 2.26. The number of nitrogens with one attached hydrogen (secondary N) is 1. The molecule has 0 bridgehead atoms. The van der Waals surface area contributed by atoms with Crippen LogP contribution in [0.2, 0.25) is 0 Å². The summed E-state index contributed by atoms with van der Waals surface area (Å²) in [5, 5.41) is 3.37. The van der Waals surface area contributed by atoms with Crippen molar-refractivity contribution in [3.05, 3.63) is 51.7 Å². The number of ether oxygens (including phenoxy) is 1. The van der Waals surface area contributed by atoms with E-state index in [4.69, 9.17) is 10.5 Å². The van der Waals surface area contributed by atoms with Crippen molar-refractivity contribution in [2.24, 2.45) is 0 Å². The van der Waals surface area contributed by atoms with Gasteiger partial charge in [-0.15, -0.1) is 11.3 Å². The standard InChI is InChI=1S/C20H22FN3O3S/c1-3-27-20(26)24-9-8-15-16(11-24)28-19(18(15)22)23-17(25)7-5-13-4-6-14(21)10-12(13)2/h4-7,10H,3,8-9,11,22H2,1-2H3,(H,23,25)/b7-5+. The third kappa shape index (κ3) is 4.33. The van der Waals surface area contributed by atoms with Crippen molar-refractivity contribution >= 4 is 40.1 Å². The van der Waals surface area contributed by atoms with Crippen LogP contribution >= 0.6 is 11.3 Å². The van der Waals surface area contributed by atoms with E-state index in [0.717, 1.165) is 21.6 Å². The van der Waals surface area contributed by atoms with E-state index >= 15 is 0 Å². The van der Waals surface area contributed by atoms with E-state index in [0.29, 0.717) is 36.8 Å². The fourth-order valence-corrected chi connectivity index (χ4v) is 4.22. The average Bonchev–Trinajstić information content (AvgIpc) is 2.96. The number of carbonyl (C=O) groups is 2. The zero-order valence-corrected chi connectivity index (χ0v) is 16.6. The smallest absolute Gasteiger partial charge is 0.410 e. The van der Waals surface area contributed by atoms with Gasteiger partial charge in [-0.2, -0.15) is 0 Å². The molecule has 0 saturated carbocycles. The summed E-state index contributed by atoms with van der Waals surface area (Å²) in [6.07, 6.45) is 3.31. The normalized spacial score (nSPS) is 13.5. The van der Waals surface area contributed by atoms with Crippen molar-refractivity contribution in [1.29, 1.82) is 0 Å². The maximum absolute atomic E-state index is 13.2. The predicted octanol–water partition coefficient (Wildman–Crippen LogP) is 3.94. The molecule has 1 aromatic heterocycles. The van der Waals surface area contributed by atoms with Crippen LogP contribution in [0.15, 0.2) is 24.3 Å². The number of benzene rings is 1. The van der Waals surface area contributed by atoms with Crippen molar-refractivity contribution in [3.8, 4) is 0 Å². The molecule has 28 heavy (non-hydrogen) atoms. The molecule has 0 spiro atoms. The molecular formula is C20H22FN3O3S. The molecule has 2 heterocycles. The van der Waals surface area contributed by atoms with Crippen LogP contribution in [-0.2, 0) is 22.5 Å². The minimum Gasteiger partial charge on any atom is -0.450 e. The first kappa shape index (κ1) is 19.9. The van der Waals surface area contributed by atoms with E-state index < -0.39 is 0 Å². The van der Waals surface area contributed by atoms with E-state index in [1.807, 2.05) is 0 Å². The zero-order valence-electron chi connectivity index (χ0n) is 15.8. The van der Waals surface area contributed by atoms with Crippen LogP contribution in [-0.4, -0.2) is 30.1 Å². The largest absolute Gasteiger partial charge is 0.450 e. The molecule has 0 unspecified atom stereocenters. The number of fused-ring (bicyclic) bond motifs is 1. The average molecular weight is 403 g/mol. The lowest BCUT2D eigenvalue weighted by Crippen LogP contribution is -2.35. The van der Waals surface area contributed by atoms with Crippen molar-refractivity contribution in [2.75, 3.05) is 24.2 Å². The highest BCUT2D eigenvalue weighted by atomic mass is 32.1. The van der Waals surface area contributed by atoms with Gasteiger partial charge in [-0.3, -0.25) is 4.79 Å². The second-order valence-corrected chi connectivity index (χ2v) is 7.55. The second kappa shape index (κ2) is 8.43. The number of amides is 2. The maximum atomic E-state index is 13.2. The quantitative estimate of drug-likeness (QED) is 0.757. The number of carbonyl (C=O) groups excluding carboxylic acids is 2. The summed E-state index contributed by atoms with van der Waals surface area (Å²) >= 11 is 1.37. The Bertz CT molecular complexity index is 939. The minimum absolute atomic E-state index is 0.312. The number of halogens is 1. The monoisotopic (exact) mass is 403 g/mol. The van der Waals surface area contributed by atoms with Crippen LogP contribution in [0, 0.1) is 12.7 Å². The van der Waals surface area contributed by atoms with Gasteiger partial charge in [-0.1, -0.05) is 6.07 Å². The highest BCUT2D eigenvalue weighted by molar-refractivity contribution is 7.17. The molecule has 0 radical (unpaired) electrons. The molecule has 1 aliphatic rings. The Morgan fingerprint density at radius 3 is 2.93 bits per heavy atom. The number of rotatable bonds is 4. The number of hydrogen-bond donors (Lipinski definition) is 2. The summed E-state index contributed by atoms with van der Waals surface area (Å²) in [4.78, 5) is 26.8. The summed E-state index contributed by atoms with van der Waals surface area (Å²) in [5.41, 5.74) is 9.22. The van der Waals surface area contributed by atoms with Gasteiger partial charge < -0.3 is 20.7 Å². The number of hydrogen-bond acceptors (Lipinski definition) is 5. The molecule has 0 saturated heterocycles. The number of aryl methyl sites for hydroxylation is 1. The molecule has 1 aliphatic heterocycles.